The summed E-state index contributed by atoms with van der Waals surface area (Å²) in [6.45, 7) is 5.57. The summed E-state index contributed by atoms with van der Waals surface area (Å²) >= 11 is 0. The number of likely N-dealkylation sites (tertiary alicyclic amines) is 1. The van der Waals surface area contributed by atoms with E-state index in [1.54, 1.807) is 7.11 Å². The molecule has 84 valence electrons. The Morgan fingerprint density at radius 3 is 2.86 bits per heavy atom. The van der Waals surface area contributed by atoms with Crippen molar-refractivity contribution in [3.05, 3.63) is 0 Å². The van der Waals surface area contributed by atoms with Gasteiger partial charge in [-0.1, -0.05) is 0 Å². The van der Waals surface area contributed by atoms with Gasteiger partial charge >= 0.3 is 0 Å². The molecular weight excluding hydrogens is 180 g/mol. The first kappa shape index (κ1) is 11.9. The Hall–Kier alpha value is -0.160. The topological polar surface area (TPSA) is 47.7 Å². The Bertz CT molecular complexity index is 144. The van der Waals surface area contributed by atoms with Gasteiger partial charge in [-0.2, -0.15) is 0 Å². The van der Waals surface area contributed by atoms with E-state index in [1.807, 2.05) is 0 Å². The fraction of sp³-hybridized carbons (Fsp3) is 1.00. The van der Waals surface area contributed by atoms with Gasteiger partial charge in [0.25, 0.3) is 0 Å². The van der Waals surface area contributed by atoms with Gasteiger partial charge in [-0.15, -0.1) is 0 Å². The number of ether oxygens (including phenoxy) is 2. The molecule has 1 unspecified atom stereocenters. The van der Waals surface area contributed by atoms with Crippen LogP contribution in [0.3, 0.4) is 0 Å². The van der Waals surface area contributed by atoms with Crippen LogP contribution < -0.4 is 5.73 Å². The summed E-state index contributed by atoms with van der Waals surface area (Å²) in [5.74, 6) is 0. The summed E-state index contributed by atoms with van der Waals surface area (Å²) in [6.07, 6.45) is 2.11. The third-order valence-corrected chi connectivity index (χ3v) is 2.50. The molecule has 2 N–H and O–H groups in total. The van der Waals surface area contributed by atoms with Crippen molar-refractivity contribution in [3.63, 3.8) is 0 Å². The van der Waals surface area contributed by atoms with E-state index in [-0.39, 0.29) is 0 Å². The van der Waals surface area contributed by atoms with Gasteiger partial charge in [0.15, 0.2) is 0 Å². The lowest BCUT2D eigenvalue weighted by molar-refractivity contribution is 0.0883. The summed E-state index contributed by atoms with van der Waals surface area (Å²) in [6, 6.07) is 0.378. The van der Waals surface area contributed by atoms with Crippen LogP contribution >= 0.6 is 0 Å². The van der Waals surface area contributed by atoms with Gasteiger partial charge in [0.2, 0.25) is 0 Å². The monoisotopic (exact) mass is 202 g/mol. The minimum atomic E-state index is 0.378. The van der Waals surface area contributed by atoms with E-state index in [1.165, 1.54) is 0 Å². The minimum absolute atomic E-state index is 0.378. The van der Waals surface area contributed by atoms with Crippen molar-refractivity contribution in [1.82, 2.24) is 4.90 Å². The van der Waals surface area contributed by atoms with Gasteiger partial charge in [0, 0.05) is 39.5 Å². The molecule has 14 heavy (non-hydrogen) atoms. The number of hydrogen-bond donors (Lipinski definition) is 1. The van der Waals surface area contributed by atoms with Crippen LogP contribution in [0.5, 0.6) is 0 Å². The largest absolute Gasteiger partial charge is 0.385 e. The van der Waals surface area contributed by atoms with E-state index < -0.39 is 0 Å². The Balaban J connectivity index is 1.84. The van der Waals surface area contributed by atoms with Gasteiger partial charge in [-0.3, -0.25) is 4.90 Å². The van der Waals surface area contributed by atoms with Crippen LogP contribution in [0.25, 0.3) is 0 Å². The van der Waals surface area contributed by atoms with Crippen molar-refractivity contribution in [2.24, 2.45) is 5.73 Å². The van der Waals surface area contributed by atoms with Crippen molar-refractivity contribution >= 4 is 0 Å². The van der Waals surface area contributed by atoms with Gasteiger partial charge in [-0.25, -0.2) is 0 Å². The smallest absolute Gasteiger partial charge is 0.0593 e. The molecule has 0 bridgehead atoms. The average molecular weight is 202 g/mol. The van der Waals surface area contributed by atoms with Crippen LogP contribution in [0.4, 0.5) is 0 Å². The van der Waals surface area contributed by atoms with Crippen molar-refractivity contribution in [3.8, 4) is 0 Å². The molecule has 0 radical (unpaired) electrons. The fourth-order valence-corrected chi connectivity index (χ4v) is 1.67. The number of rotatable bonds is 7. The highest BCUT2D eigenvalue weighted by atomic mass is 16.5. The Labute approximate surface area is 86.3 Å². The zero-order chi connectivity index (χ0) is 10.2. The van der Waals surface area contributed by atoms with E-state index in [2.05, 4.69) is 4.90 Å². The molecule has 1 heterocycles. The Kier molecular flexibility index (Phi) is 6.10. The predicted octanol–water partition coefficient (Wildman–Crippen LogP) is 0.0725. The molecule has 0 spiro atoms. The molecule has 1 rings (SSSR count). The second-order valence-electron chi connectivity index (χ2n) is 3.81. The lowest BCUT2D eigenvalue weighted by atomic mass is 10.3. The Morgan fingerprint density at radius 2 is 2.21 bits per heavy atom. The summed E-state index contributed by atoms with van der Waals surface area (Å²) in [5, 5.41) is 0. The molecule has 1 aliphatic heterocycles. The van der Waals surface area contributed by atoms with E-state index in [0.29, 0.717) is 6.04 Å². The maximum atomic E-state index is 5.80. The maximum absolute atomic E-state index is 5.80. The molecule has 0 aromatic carbocycles. The van der Waals surface area contributed by atoms with E-state index >= 15 is 0 Å². The number of methoxy groups -OCH3 is 1. The maximum Gasteiger partial charge on any atom is 0.0593 e. The Morgan fingerprint density at radius 1 is 1.36 bits per heavy atom. The number of hydrogen-bond acceptors (Lipinski definition) is 4. The molecule has 1 atom stereocenters. The van der Waals surface area contributed by atoms with Crippen molar-refractivity contribution in [2.75, 3.05) is 46.6 Å². The third kappa shape index (κ3) is 4.91. The van der Waals surface area contributed by atoms with Crippen LogP contribution in [-0.2, 0) is 9.47 Å². The molecule has 1 saturated heterocycles. The highest BCUT2D eigenvalue weighted by Crippen LogP contribution is 2.05. The van der Waals surface area contributed by atoms with Gasteiger partial charge in [-0.05, 0) is 19.4 Å². The molecule has 0 aromatic rings. The number of nitrogens with two attached hydrogens (primary N) is 1. The first-order valence-electron chi connectivity index (χ1n) is 5.37. The van der Waals surface area contributed by atoms with Crippen LogP contribution in [-0.4, -0.2) is 57.5 Å². The SMILES string of the molecule is COCCCOCCN1CCC(N)C1. The second-order valence-corrected chi connectivity index (χ2v) is 3.81. The average Bonchev–Trinajstić information content (AvgIpc) is 2.58. The van der Waals surface area contributed by atoms with E-state index in [0.717, 1.165) is 52.3 Å². The van der Waals surface area contributed by atoms with Gasteiger partial charge in [0.05, 0.1) is 6.61 Å². The highest BCUT2D eigenvalue weighted by Gasteiger charge is 2.17. The summed E-state index contributed by atoms with van der Waals surface area (Å²) in [7, 11) is 1.71. The molecule has 1 fully saturated rings. The van der Waals surface area contributed by atoms with Crippen molar-refractivity contribution in [2.45, 2.75) is 18.9 Å². The van der Waals surface area contributed by atoms with Crippen molar-refractivity contribution in [1.29, 1.82) is 0 Å². The summed E-state index contributed by atoms with van der Waals surface area (Å²) in [5.41, 5.74) is 5.80. The molecule has 0 amide bonds. The lowest BCUT2D eigenvalue weighted by Gasteiger charge is -2.14. The fourth-order valence-electron chi connectivity index (χ4n) is 1.67. The zero-order valence-corrected chi connectivity index (χ0v) is 9.08. The van der Waals surface area contributed by atoms with Crippen LogP contribution in [0, 0.1) is 0 Å². The first-order chi connectivity index (χ1) is 6.83. The summed E-state index contributed by atoms with van der Waals surface area (Å²) in [4.78, 5) is 2.36. The van der Waals surface area contributed by atoms with E-state index in [4.69, 9.17) is 15.2 Å². The zero-order valence-electron chi connectivity index (χ0n) is 9.08. The third-order valence-electron chi connectivity index (χ3n) is 2.50. The molecular formula is C10H22N2O2. The van der Waals surface area contributed by atoms with Crippen LogP contribution in [0.2, 0.25) is 0 Å². The van der Waals surface area contributed by atoms with Crippen LogP contribution in [0.15, 0.2) is 0 Å². The van der Waals surface area contributed by atoms with Gasteiger partial charge < -0.3 is 15.2 Å². The highest BCUT2D eigenvalue weighted by molar-refractivity contribution is 4.77. The lowest BCUT2D eigenvalue weighted by Crippen LogP contribution is -2.29. The molecule has 0 aromatic heterocycles. The molecule has 0 aliphatic carbocycles. The molecule has 0 saturated carbocycles. The van der Waals surface area contributed by atoms with Crippen LogP contribution in [0.1, 0.15) is 12.8 Å². The molecule has 1 aliphatic rings. The molecule has 4 nitrogen and oxygen atoms in total. The number of nitrogens with zero attached hydrogens (tertiary/aromatic N) is 1. The second kappa shape index (κ2) is 7.17. The first-order valence-corrected chi connectivity index (χ1v) is 5.37. The van der Waals surface area contributed by atoms with Crippen molar-refractivity contribution < 1.29 is 9.47 Å². The quantitative estimate of drug-likeness (QED) is 0.594. The minimum Gasteiger partial charge on any atom is -0.385 e. The standard InChI is InChI=1S/C10H22N2O2/c1-13-6-2-7-14-8-5-12-4-3-10(11)9-12/h10H,2-9,11H2,1H3. The molecule has 4 heteroatoms. The normalized spacial score (nSPS) is 23.1. The van der Waals surface area contributed by atoms with Gasteiger partial charge in [0.1, 0.15) is 0 Å². The summed E-state index contributed by atoms with van der Waals surface area (Å²) < 4.78 is 10.4. The predicted molar refractivity (Wildman–Crippen MR) is 56.3 cm³/mol. The van der Waals surface area contributed by atoms with E-state index in [9.17, 15) is 0 Å².